The lowest BCUT2D eigenvalue weighted by Gasteiger charge is -2.22. The number of aromatic nitrogens is 1. The molecule has 2 N–H and O–H groups in total. The normalized spacial score (nSPS) is 17.7. The van der Waals surface area contributed by atoms with Crippen LogP contribution in [-0.4, -0.2) is 31.3 Å². The molecule has 6 nitrogen and oxygen atoms in total. The number of anilines is 1. The van der Waals surface area contributed by atoms with Crippen molar-refractivity contribution >= 4 is 11.8 Å². The van der Waals surface area contributed by atoms with Crippen LogP contribution in [0.4, 0.5) is 10.6 Å². The van der Waals surface area contributed by atoms with Crippen molar-refractivity contribution in [2.24, 2.45) is 5.92 Å². The van der Waals surface area contributed by atoms with Crippen molar-refractivity contribution in [3.63, 3.8) is 0 Å². The van der Waals surface area contributed by atoms with E-state index in [-0.39, 0.29) is 12.1 Å². The summed E-state index contributed by atoms with van der Waals surface area (Å²) in [5.74, 6) is 1.37. The molecule has 2 amide bonds. The van der Waals surface area contributed by atoms with E-state index < -0.39 is 0 Å². The number of hydrogen-bond acceptors (Lipinski definition) is 4. The summed E-state index contributed by atoms with van der Waals surface area (Å²) in [5.41, 5.74) is 1.09. The molecule has 0 saturated carbocycles. The number of ether oxygens (including phenoxy) is 2. The second kappa shape index (κ2) is 8.48. The molecule has 3 rings (SSSR count). The summed E-state index contributed by atoms with van der Waals surface area (Å²) < 4.78 is 10.5. The second-order valence-corrected chi connectivity index (χ2v) is 6.09. The van der Waals surface area contributed by atoms with Crippen molar-refractivity contribution in [1.29, 1.82) is 0 Å². The Hall–Kier alpha value is -2.60. The Labute approximate surface area is 147 Å². The number of urea groups is 1. The number of carbonyl (C=O) groups is 1. The molecule has 1 aromatic carbocycles. The Morgan fingerprint density at radius 1 is 1.28 bits per heavy atom. The number of hydrogen-bond donors (Lipinski definition) is 2. The van der Waals surface area contributed by atoms with E-state index in [0.29, 0.717) is 17.6 Å². The number of nitrogens with zero attached hydrogens (tertiary/aromatic N) is 1. The highest BCUT2D eigenvalue weighted by molar-refractivity contribution is 5.88. The van der Waals surface area contributed by atoms with Crippen molar-refractivity contribution < 1.29 is 14.3 Å². The topological polar surface area (TPSA) is 72.5 Å². The average molecular weight is 341 g/mol. The van der Waals surface area contributed by atoms with E-state index in [2.05, 4.69) is 15.6 Å². The van der Waals surface area contributed by atoms with Gasteiger partial charge in [-0.2, -0.15) is 4.98 Å². The number of pyridine rings is 1. The number of rotatable bonds is 6. The Balaban J connectivity index is 1.66. The third-order valence-corrected chi connectivity index (χ3v) is 4.27. The molecular formula is C19H23N3O3. The first-order valence-corrected chi connectivity index (χ1v) is 8.46. The Morgan fingerprint density at radius 3 is 2.84 bits per heavy atom. The maximum Gasteiger partial charge on any atom is 0.320 e. The Bertz CT molecular complexity index is 687. The molecule has 6 heteroatoms. The fraction of sp³-hybridized carbons (Fsp3) is 0.368. The standard InChI is InChI=1S/C19H23N3O3/c1-24-18-9-5-8-17(21-18)22-19(23)20-16(12-14-10-11-25-13-14)15-6-3-2-4-7-15/h2-9,14,16H,10-13H2,1H3,(H2,20,21,22,23). The van der Waals surface area contributed by atoms with Crippen LogP contribution in [0.25, 0.3) is 0 Å². The molecule has 1 saturated heterocycles. The summed E-state index contributed by atoms with van der Waals surface area (Å²) in [4.78, 5) is 16.6. The lowest BCUT2D eigenvalue weighted by Crippen LogP contribution is -2.34. The lowest BCUT2D eigenvalue weighted by molar-refractivity contribution is 0.181. The monoisotopic (exact) mass is 341 g/mol. The third kappa shape index (κ3) is 4.93. The molecule has 1 aliphatic heterocycles. The minimum atomic E-state index is -0.284. The minimum absolute atomic E-state index is 0.0708. The molecule has 2 unspecified atom stereocenters. The van der Waals surface area contributed by atoms with Gasteiger partial charge in [-0.1, -0.05) is 36.4 Å². The highest BCUT2D eigenvalue weighted by Crippen LogP contribution is 2.26. The van der Waals surface area contributed by atoms with E-state index in [1.54, 1.807) is 25.3 Å². The first-order chi connectivity index (χ1) is 12.2. The van der Waals surface area contributed by atoms with Gasteiger partial charge in [0.25, 0.3) is 0 Å². The van der Waals surface area contributed by atoms with Crippen molar-refractivity contribution in [3.05, 3.63) is 54.1 Å². The van der Waals surface area contributed by atoms with Crippen LogP contribution in [0.2, 0.25) is 0 Å². The van der Waals surface area contributed by atoms with Gasteiger partial charge in [0.15, 0.2) is 0 Å². The van der Waals surface area contributed by atoms with E-state index in [0.717, 1.165) is 31.6 Å². The predicted octanol–water partition coefficient (Wildman–Crippen LogP) is 3.38. The number of benzene rings is 1. The van der Waals surface area contributed by atoms with Crippen molar-refractivity contribution in [3.8, 4) is 5.88 Å². The second-order valence-electron chi connectivity index (χ2n) is 6.09. The fourth-order valence-corrected chi connectivity index (χ4v) is 2.98. The quantitative estimate of drug-likeness (QED) is 0.845. The highest BCUT2D eigenvalue weighted by atomic mass is 16.5. The van der Waals surface area contributed by atoms with Gasteiger partial charge in [0.05, 0.1) is 13.2 Å². The van der Waals surface area contributed by atoms with Crippen LogP contribution in [0.15, 0.2) is 48.5 Å². The highest BCUT2D eigenvalue weighted by Gasteiger charge is 2.23. The zero-order chi connectivity index (χ0) is 17.5. The van der Waals surface area contributed by atoms with E-state index in [9.17, 15) is 4.79 Å². The zero-order valence-electron chi connectivity index (χ0n) is 14.3. The van der Waals surface area contributed by atoms with Crippen LogP contribution < -0.4 is 15.4 Å². The molecule has 2 heterocycles. The smallest absolute Gasteiger partial charge is 0.320 e. The number of methoxy groups -OCH3 is 1. The molecule has 0 spiro atoms. The van der Waals surface area contributed by atoms with Crippen LogP contribution >= 0.6 is 0 Å². The first-order valence-electron chi connectivity index (χ1n) is 8.46. The van der Waals surface area contributed by atoms with Gasteiger partial charge in [0, 0.05) is 19.3 Å². The van der Waals surface area contributed by atoms with Crippen LogP contribution in [0.1, 0.15) is 24.4 Å². The number of carbonyl (C=O) groups excluding carboxylic acids is 1. The van der Waals surface area contributed by atoms with Gasteiger partial charge in [0.2, 0.25) is 5.88 Å². The van der Waals surface area contributed by atoms with Crippen molar-refractivity contribution in [1.82, 2.24) is 10.3 Å². The average Bonchev–Trinajstić information content (AvgIpc) is 3.15. The van der Waals surface area contributed by atoms with E-state index in [1.165, 1.54) is 0 Å². The largest absolute Gasteiger partial charge is 0.481 e. The Morgan fingerprint density at radius 2 is 2.12 bits per heavy atom. The van der Waals surface area contributed by atoms with Crippen LogP contribution in [0, 0.1) is 5.92 Å². The van der Waals surface area contributed by atoms with Crippen molar-refractivity contribution in [2.45, 2.75) is 18.9 Å². The molecule has 1 aromatic heterocycles. The minimum Gasteiger partial charge on any atom is -0.481 e. The molecule has 2 aromatic rings. The summed E-state index contributed by atoms with van der Waals surface area (Å²) >= 11 is 0. The van der Waals surface area contributed by atoms with Gasteiger partial charge in [-0.3, -0.25) is 5.32 Å². The molecule has 132 valence electrons. The van der Waals surface area contributed by atoms with Crippen LogP contribution in [0.5, 0.6) is 5.88 Å². The van der Waals surface area contributed by atoms with Crippen LogP contribution in [0.3, 0.4) is 0 Å². The van der Waals surface area contributed by atoms with E-state index in [1.807, 2.05) is 30.3 Å². The summed E-state index contributed by atoms with van der Waals surface area (Å²) in [7, 11) is 1.54. The van der Waals surface area contributed by atoms with E-state index >= 15 is 0 Å². The molecule has 0 aliphatic carbocycles. The van der Waals surface area contributed by atoms with E-state index in [4.69, 9.17) is 9.47 Å². The summed E-state index contributed by atoms with van der Waals surface area (Å²) in [5, 5.41) is 5.83. The maximum atomic E-state index is 12.4. The lowest BCUT2D eigenvalue weighted by atomic mass is 9.94. The molecule has 1 fully saturated rings. The molecular weight excluding hydrogens is 318 g/mol. The van der Waals surface area contributed by atoms with Gasteiger partial charge >= 0.3 is 6.03 Å². The molecule has 2 atom stereocenters. The third-order valence-electron chi connectivity index (χ3n) is 4.27. The molecule has 0 bridgehead atoms. The van der Waals surface area contributed by atoms with Gasteiger partial charge < -0.3 is 14.8 Å². The van der Waals surface area contributed by atoms with Gasteiger partial charge in [-0.25, -0.2) is 4.79 Å². The van der Waals surface area contributed by atoms with Gasteiger partial charge in [-0.15, -0.1) is 0 Å². The molecule has 1 aliphatic rings. The van der Waals surface area contributed by atoms with Gasteiger partial charge in [0.1, 0.15) is 5.82 Å². The fourth-order valence-electron chi connectivity index (χ4n) is 2.98. The molecule has 0 radical (unpaired) electrons. The SMILES string of the molecule is COc1cccc(NC(=O)NC(CC2CCOC2)c2ccccc2)n1. The predicted molar refractivity (Wildman–Crippen MR) is 95.7 cm³/mol. The zero-order valence-corrected chi connectivity index (χ0v) is 14.3. The Kier molecular flexibility index (Phi) is 5.85. The number of amides is 2. The first kappa shape index (κ1) is 17.2. The van der Waals surface area contributed by atoms with Gasteiger partial charge in [-0.05, 0) is 30.4 Å². The summed E-state index contributed by atoms with van der Waals surface area (Å²) in [6.45, 7) is 1.55. The number of nitrogens with one attached hydrogen (secondary N) is 2. The summed E-state index contributed by atoms with van der Waals surface area (Å²) in [6, 6.07) is 14.9. The molecule has 25 heavy (non-hydrogen) atoms. The van der Waals surface area contributed by atoms with Crippen LogP contribution in [-0.2, 0) is 4.74 Å². The van der Waals surface area contributed by atoms with Crippen molar-refractivity contribution in [2.75, 3.05) is 25.6 Å². The maximum absolute atomic E-state index is 12.4. The summed E-state index contributed by atoms with van der Waals surface area (Å²) in [6.07, 6.45) is 1.88.